The number of nitrogens with one attached hydrogen (secondary N) is 1. The topological polar surface area (TPSA) is 12.0 Å². The first-order valence-corrected chi connectivity index (χ1v) is 6.27. The zero-order chi connectivity index (χ0) is 10.2. The summed E-state index contributed by atoms with van der Waals surface area (Å²) in [6, 6.07) is 8.63. The number of benzene rings is 1. The molecule has 1 N–H and O–H groups in total. The highest BCUT2D eigenvalue weighted by Gasteiger charge is 1.96. The summed E-state index contributed by atoms with van der Waals surface area (Å²) >= 11 is 2.02. The largest absolute Gasteiger partial charge is 0.320 e. The van der Waals surface area contributed by atoms with Crippen LogP contribution in [0.3, 0.4) is 0 Å². The Hall–Kier alpha value is -0.470. The molecular weight excluding hydrogens is 190 g/mol. The monoisotopic (exact) mass is 209 g/mol. The van der Waals surface area contributed by atoms with Crippen molar-refractivity contribution in [2.45, 2.75) is 19.1 Å². The molecule has 1 aromatic carbocycles. The van der Waals surface area contributed by atoms with Crippen LogP contribution in [0.4, 0.5) is 0 Å². The predicted molar refractivity (Wildman–Crippen MR) is 65.9 cm³/mol. The van der Waals surface area contributed by atoms with E-state index in [4.69, 9.17) is 0 Å². The number of hydrogen-bond acceptors (Lipinski definition) is 2. The van der Waals surface area contributed by atoms with Gasteiger partial charge in [-0.2, -0.15) is 11.8 Å². The predicted octanol–water partition coefficient (Wildman–Crippen LogP) is 2.84. The van der Waals surface area contributed by atoms with Crippen molar-refractivity contribution in [2.24, 2.45) is 0 Å². The number of thioether (sulfide) groups is 1. The summed E-state index contributed by atoms with van der Waals surface area (Å²) in [7, 11) is 2.01. The second-order valence-electron chi connectivity index (χ2n) is 3.44. The lowest BCUT2D eigenvalue weighted by atomic mass is 10.1. The molecule has 0 aromatic heterocycles. The van der Waals surface area contributed by atoms with Gasteiger partial charge in [0.05, 0.1) is 0 Å². The molecule has 1 aromatic rings. The van der Waals surface area contributed by atoms with Gasteiger partial charge in [0.25, 0.3) is 0 Å². The van der Waals surface area contributed by atoms with Crippen LogP contribution in [0.25, 0.3) is 0 Å². The van der Waals surface area contributed by atoms with Gasteiger partial charge in [-0.1, -0.05) is 24.3 Å². The van der Waals surface area contributed by atoms with E-state index in [9.17, 15) is 0 Å². The van der Waals surface area contributed by atoms with Crippen LogP contribution in [0.2, 0.25) is 0 Å². The normalized spacial score (nSPS) is 10.4. The van der Waals surface area contributed by atoms with Crippen LogP contribution in [0, 0.1) is 6.92 Å². The molecule has 0 amide bonds. The van der Waals surface area contributed by atoms with Crippen molar-refractivity contribution in [1.29, 1.82) is 0 Å². The van der Waals surface area contributed by atoms with Crippen LogP contribution in [-0.4, -0.2) is 19.3 Å². The van der Waals surface area contributed by atoms with Crippen molar-refractivity contribution < 1.29 is 0 Å². The number of rotatable bonds is 6. The van der Waals surface area contributed by atoms with Crippen molar-refractivity contribution in [3.8, 4) is 0 Å². The molecule has 0 aliphatic heterocycles. The van der Waals surface area contributed by atoms with Gasteiger partial charge in [-0.25, -0.2) is 0 Å². The van der Waals surface area contributed by atoms with E-state index in [1.54, 1.807) is 0 Å². The van der Waals surface area contributed by atoms with Crippen LogP contribution >= 0.6 is 11.8 Å². The molecule has 0 saturated heterocycles. The Labute approximate surface area is 91.3 Å². The number of hydrogen-bond donors (Lipinski definition) is 1. The molecule has 0 aliphatic rings. The maximum absolute atomic E-state index is 3.16. The van der Waals surface area contributed by atoms with E-state index < -0.39 is 0 Å². The van der Waals surface area contributed by atoms with Crippen LogP contribution in [0.5, 0.6) is 0 Å². The maximum atomic E-state index is 3.16. The fraction of sp³-hybridized carbons (Fsp3) is 0.500. The van der Waals surface area contributed by atoms with E-state index in [0.717, 1.165) is 12.3 Å². The summed E-state index contributed by atoms with van der Waals surface area (Å²) in [5.74, 6) is 2.39. The lowest BCUT2D eigenvalue weighted by Crippen LogP contribution is -2.08. The fourth-order valence-corrected chi connectivity index (χ4v) is 2.34. The van der Waals surface area contributed by atoms with E-state index in [1.165, 1.54) is 23.3 Å². The molecule has 0 unspecified atom stereocenters. The zero-order valence-corrected chi connectivity index (χ0v) is 9.86. The lowest BCUT2D eigenvalue weighted by Gasteiger charge is -2.04. The van der Waals surface area contributed by atoms with Gasteiger partial charge in [0.2, 0.25) is 0 Å². The molecule has 78 valence electrons. The van der Waals surface area contributed by atoms with Gasteiger partial charge in [-0.3, -0.25) is 0 Å². The minimum Gasteiger partial charge on any atom is -0.320 e. The molecule has 0 saturated carbocycles. The van der Waals surface area contributed by atoms with Gasteiger partial charge >= 0.3 is 0 Å². The molecule has 0 heterocycles. The van der Waals surface area contributed by atoms with Crippen LogP contribution in [0.1, 0.15) is 17.5 Å². The standard InChI is InChI=1S/C12H19NS/c1-11-6-3-4-7-12(11)10-14-9-5-8-13-2/h3-4,6-7,13H,5,8-10H2,1-2H3. The van der Waals surface area contributed by atoms with Crippen LogP contribution in [0.15, 0.2) is 24.3 Å². The molecule has 0 bridgehead atoms. The van der Waals surface area contributed by atoms with E-state index >= 15 is 0 Å². The molecule has 0 fully saturated rings. The van der Waals surface area contributed by atoms with Gasteiger partial charge in [0.1, 0.15) is 0 Å². The summed E-state index contributed by atoms with van der Waals surface area (Å²) in [6.45, 7) is 3.31. The smallest absolute Gasteiger partial charge is 0.0187 e. The van der Waals surface area contributed by atoms with Crippen LogP contribution < -0.4 is 5.32 Å². The van der Waals surface area contributed by atoms with Crippen LogP contribution in [-0.2, 0) is 5.75 Å². The Bertz CT molecular complexity index is 260. The first kappa shape index (κ1) is 11.6. The molecule has 1 rings (SSSR count). The Morgan fingerprint density at radius 2 is 2.07 bits per heavy atom. The third-order valence-electron chi connectivity index (χ3n) is 2.23. The average Bonchev–Trinajstić information content (AvgIpc) is 2.20. The first-order valence-electron chi connectivity index (χ1n) is 5.11. The molecule has 0 spiro atoms. The van der Waals surface area contributed by atoms with Gasteiger partial charge in [-0.15, -0.1) is 0 Å². The van der Waals surface area contributed by atoms with Crippen molar-refractivity contribution in [1.82, 2.24) is 5.32 Å². The second kappa shape index (κ2) is 6.91. The van der Waals surface area contributed by atoms with E-state index in [1.807, 2.05) is 18.8 Å². The Morgan fingerprint density at radius 1 is 1.29 bits per heavy atom. The third-order valence-corrected chi connectivity index (χ3v) is 3.33. The molecule has 0 atom stereocenters. The average molecular weight is 209 g/mol. The summed E-state index contributed by atoms with van der Waals surface area (Å²) in [5.41, 5.74) is 2.88. The SMILES string of the molecule is CNCCCSCc1ccccc1C. The zero-order valence-electron chi connectivity index (χ0n) is 9.05. The molecule has 0 radical (unpaired) electrons. The fourth-order valence-electron chi connectivity index (χ4n) is 1.31. The molecule has 14 heavy (non-hydrogen) atoms. The molecule has 2 heteroatoms. The van der Waals surface area contributed by atoms with Crippen molar-refractivity contribution in [3.63, 3.8) is 0 Å². The van der Waals surface area contributed by atoms with Gasteiger partial charge < -0.3 is 5.32 Å². The summed E-state index contributed by atoms with van der Waals surface area (Å²) in [6.07, 6.45) is 1.26. The summed E-state index contributed by atoms with van der Waals surface area (Å²) in [4.78, 5) is 0. The summed E-state index contributed by atoms with van der Waals surface area (Å²) in [5, 5.41) is 3.16. The Balaban J connectivity index is 2.21. The van der Waals surface area contributed by atoms with Gasteiger partial charge in [-0.05, 0) is 43.8 Å². The van der Waals surface area contributed by atoms with Crippen molar-refractivity contribution in [2.75, 3.05) is 19.3 Å². The number of aryl methyl sites for hydroxylation is 1. The van der Waals surface area contributed by atoms with Crippen molar-refractivity contribution >= 4 is 11.8 Å². The highest BCUT2D eigenvalue weighted by Crippen LogP contribution is 2.15. The minimum absolute atomic E-state index is 1.13. The quantitative estimate of drug-likeness (QED) is 0.723. The van der Waals surface area contributed by atoms with E-state index in [-0.39, 0.29) is 0 Å². The molecule has 0 aliphatic carbocycles. The molecular formula is C12H19NS. The lowest BCUT2D eigenvalue weighted by molar-refractivity contribution is 0.778. The third kappa shape index (κ3) is 4.16. The maximum Gasteiger partial charge on any atom is 0.0187 e. The second-order valence-corrected chi connectivity index (χ2v) is 4.54. The van der Waals surface area contributed by atoms with Crippen molar-refractivity contribution in [3.05, 3.63) is 35.4 Å². The Morgan fingerprint density at radius 3 is 2.79 bits per heavy atom. The van der Waals surface area contributed by atoms with Gasteiger partial charge in [0.15, 0.2) is 0 Å². The highest BCUT2D eigenvalue weighted by atomic mass is 32.2. The summed E-state index contributed by atoms with van der Waals surface area (Å²) < 4.78 is 0. The first-order chi connectivity index (χ1) is 6.84. The van der Waals surface area contributed by atoms with E-state index in [2.05, 4.69) is 36.5 Å². The highest BCUT2D eigenvalue weighted by molar-refractivity contribution is 7.98. The van der Waals surface area contributed by atoms with E-state index in [0.29, 0.717) is 0 Å². The minimum atomic E-state index is 1.13. The van der Waals surface area contributed by atoms with Gasteiger partial charge in [0, 0.05) is 5.75 Å². The Kier molecular flexibility index (Phi) is 5.72. The molecule has 1 nitrogen and oxygen atoms in total.